The van der Waals surface area contributed by atoms with Gasteiger partial charge in [-0.1, -0.05) is 11.5 Å². The van der Waals surface area contributed by atoms with Gasteiger partial charge in [-0.25, -0.2) is 0 Å². The molecule has 0 amide bonds. The summed E-state index contributed by atoms with van der Waals surface area (Å²) in [4.78, 5) is 0. The van der Waals surface area contributed by atoms with Gasteiger partial charge in [-0.3, -0.25) is 0 Å². The van der Waals surface area contributed by atoms with E-state index in [9.17, 15) is 0 Å². The third-order valence-electron chi connectivity index (χ3n) is 1.11. The lowest BCUT2D eigenvalue weighted by molar-refractivity contribution is 1.71. The van der Waals surface area contributed by atoms with Gasteiger partial charge in [-0.05, 0) is 12.1 Å². The van der Waals surface area contributed by atoms with Crippen LogP contribution in [0, 0.1) is 0 Å². The summed E-state index contributed by atoms with van der Waals surface area (Å²) in [5, 5.41) is 0. The maximum absolute atomic E-state index is 5.42. The second-order valence-electron chi connectivity index (χ2n) is 1.89. The molecule has 0 spiro atoms. The van der Waals surface area contributed by atoms with Crippen molar-refractivity contribution in [3.05, 3.63) is 18.2 Å². The first kappa shape index (κ1) is 6.01. The van der Waals surface area contributed by atoms with Crippen LogP contribution in [0.25, 0.3) is 0 Å². The molecule has 1 aromatic rings. The van der Waals surface area contributed by atoms with Gasteiger partial charge in [0.2, 0.25) is 0 Å². The lowest BCUT2D eigenvalue weighted by Crippen LogP contribution is -2.09. The lowest BCUT2D eigenvalue weighted by atomic mass is 9.94. The van der Waals surface area contributed by atoms with Crippen molar-refractivity contribution in [3.8, 4) is 0 Å². The van der Waals surface area contributed by atoms with Gasteiger partial charge in [0.05, 0.1) is 0 Å². The third-order valence-corrected chi connectivity index (χ3v) is 1.11. The minimum Gasteiger partial charge on any atom is -0.399 e. The van der Waals surface area contributed by atoms with Gasteiger partial charge in [0.1, 0.15) is 7.85 Å². The van der Waals surface area contributed by atoms with Crippen molar-refractivity contribution in [1.82, 2.24) is 0 Å². The number of rotatable bonds is 0. The van der Waals surface area contributed by atoms with Crippen molar-refractivity contribution in [1.29, 1.82) is 0 Å². The third kappa shape index (κ3) is 1.16. The number of benzene rings is 1. The molecular formula is C6H7BN2. The van der Waals surface area contributed by atoms with E-state index in [0.717, 1.165) is 0 Å². The molecule has 1 aromatic carbocycles. The molecule has 1 rings (SSSR count). The zero-order valence-electron chi connectivity index (χ0n) is 4.96. The fourth-order valence-electron chi connectivity index (χ4n) is 0.593. The Kier molecular flexibility index (Phi) is 1.34. The Bertz CT molecular complexity index is 222. The Morgan fingerprint density at radius 3 is 2.33 bits per heavy atom. The topological polar surface area (TPSA) is 52.0 Å². The van der Waals surface area contributed by atoms with Crippen molar-refractivity contribution in [2.75, 3.05) is 11.5 Å². The highest BCUT2D eigenvalue weighted by atomic mass is 14.6. The van der Waals surface area contributed by atoms with Crippen LogP contribution in [0.4, 0.5) is 11.4 Å². The Hall–Kier alpha value is -1.12. The van der Waals surface area contributed by atoms with E-state index in [0.29, 0.717) is 16.8 Å². The molecule has 0 aliphatic heterocycles. The van der Waals surface area contributed by atoms with E-state index in [1.54, 1.807) is 18.2 Å². The highest BCUT2D eigenvalue weighted by Gasteiger charge is 1.89. The Morgan fingerprint density at radius 1 is 1.22 bits per heavy atom. The van der Waals surface area contributed by atoms with Crippen LogP contribution in [0.3, 0.4) is 0 Å². The summed E-state index contributed by atoms with van der Waals surface area (Å²) in [5.74, 6) is 0. The molecule has 0 atom stereocenters. The summed E-state index contributed by atoms with van der Waals surface area (Å²) in [5.41, 5.74) is 12.6. The van der Waals surface area contributed by atoms with Crippen molar-refractivity contribution in [3.63, 3.8) is 0 Å². The van der Waals surface area contributed by atoms with E-state index in [4.69, 9.17) is 19.3 Å². The first-order valence-corrected chi connectivity index (χ1v) is 2.60. The van der Waals surface area contributed by atoms with Gasteiger partial charge in [0.25, 0.3) is 0 Å². The van der Waals surface area contributed by atoms with E-state index in [1.165, 1.54) is 0 Å². The molecule has 2 nitrogen and oxygen atoms in total. The predicted molar refractivity (Wildman–Crippen MR) is 40.7 cm³/mol. The van der Waals surface area contributed by atoms with Crippen molar-refractivity contribution < 1.29 is 0 Å². The van der Waals surface area contributed by atoms with E-state index >= 15 is 0 Å². The van der Waals surface area contributed by atoms with Crippen LogP contribution in [-0.4, -0.2) is 7.85 Å². The largest absolute Gasteiger partial charge is 0.399 e. The van der Waals surface area contributed by atoms with E-state index in [2.05, 4.69) is 0 Å². The summed E-state index contributed by atoms with van der Waals surface area (Å²) >= 11 is 0. The smallest absolute Gasteiger partial charge is 0.116 e. The second kappa shape index (κ2) is 2.01. The standard InChI is InChI=1S/C6H7BN2/c7-5-2-1-4(8)3-6(5)9/h1-3H,8-9H2. The van der Waals surface area contributed by atoms with Crippen LogP contribution >= 0.6 is 0 Å². The van der Waals surface area contributed by atoms with Crippen LogP contribution < -0.4 is 16.9 Å². The SMILES string of the molecule is [B]c1ccc(N)cc1N. The molecule has 0 aliphatic rings. The molecule has 0 aromatic heterocycles. The van der Waals surface area contributed by atoms with Crippen LogP contribution in [-0.2, 0) is 0 Å². The van der Waals surface area contributed by atoms with E-state index < -0.39 is 0 Å². The van der Waals surface area contributed by atoms with Crippen LogP contribution in [0.1, 0.15) is 0 Å². The number of nitrogen functional groups attached to an aromatic ring is 2. The zero-order chi connectivity index (χ0) is 6.85. The molecule has 9 heavy (non-hydrogen) atoms. The summed E-state index contributed by atoms with van der Waals surface area (Å²) in [6.45, 7) is 0. The molecule has 0 saturated heterocycles. The molecule has 4 N–H and O–H groups in total. The highest BCUT2D eigenvalue weighted by Crippen LogP contribution is 2.03. The first-order valence-electron chi connectivity index (χ1n) is 2.60. The maximum atomic E-state index is 5.42. The summed E-state index contributed by atoms with van der Waals surface area (Å²) in [6.07, 6.45) is 0. The minimum atomic E-state index is 0.537. The number of anilines is 2. The monoisotopic (exact) mass is 118 g/mol. The number of hydrogen-bond donors (Lipinski definition) is 2. The first-order chi connectivity index (χ1) is 4.20. The molecular weight excluding hydrogens is 111 g/mol. The second-order valence-corrected chi connectivity index (χ2v) is 1.89. The zero-order valence-corrected chi connectivity index (χ0v) is 4.96. The Morgan fingerprint density at radius 2 is 1.89 bits per heavy atom. The highest BCUT2D eigenvalue weighted by molar-refractivity contribution is 6.35. The van der Waals surface area contributed by atoms with Gasteiger partial charge in [0, 0.05) is 11.4 Å². The van der Waals surface area contributed by atoms with Gasteiger partial charge < -0.3 is 11.5 Å². The van der Waals surface area contributed by atoms with Crippen LogP contribution in [0.5, 0.6) is 0 Å². The fraction of sp³-hybridized carbons (Fsp3) is 0. The van der Waals surface area contributed by atoms with Crippen LogP contribution in [0.2, 0.25) is 0 Å². The molecule has 3 heteroatoms. The molecule has 44 valence electrons. The Balaban J connectivity index is 3.17. The molecule has 0 saturated carbocycles. The minimum absolute atomic E-state index is 0.537. The average Bonchev–Trinajstić information content (AvgIpc) is 1.80. The van der Waals surface area contributed by atoms with Gasteiger partial charge in [-0.15, -0.1) is 0 Å². The van der Waals surface area contributed by atoms with Crippen LogP contribution in [0.15, 0.2) is 18.2 Å². The summed E-state index contributed by atoms with van der Waals surface area (Å²) < 4.78 is 0. The molecule has 0 heterocycles. The van der Waals surface area contributed by atoms with Gasteiger partial charge in [0.15, 0.2) is 0 Å². The van der Waals surface area contributed by atoms with Crippen molar-refractivity contribution in [2.45, 2.75) is 0 Å². The quantitative estimate of drug-likeness (QED) is 0.361. The van der Waals surface area contributed by atoms with E-state index in [1.807, 2.05) is 0 Å². The number of hydrogen-bond acceptors (Lipinski definition) is 2. The molecule has 2 radical (unpaired) electrons. The van der Waals surface area contributed by atoms with Gasteiger partial charge >= 0.3 is 0 Å². The summed E-state index contributed by atoms with van der Waals surface area (Å²) in [7, 11) is 5.41. The normalized spacial score (nSPS) is 9.33. The lowest BCUT2D eigenvalue weighted by Gasteiger charge is -1.98. The van der Waals surface area contributed by atoms with E-state index in [-0.39, 0.29) is 0 Å². The van der Waals surface area contributed by atoms with Crippen molar-refractivity contribution in [2.24, 2.45) is 0 Å². The fourth-order valence-corrected chi connectivity index (χ4v) is 0.593. The summed E-state index contributed by atoms with van der Waals surface area (Å²) in [6, 6.07) is 5.03. The van der Waals surface area contributed by atoms with Crippen molar-refractivity contribution >= 4 is 24.7 Å². The molecule has 0 bridgehead atoms. The maximum Gasteiger partial charge on any atom is 0.116 e. The molecule has 0 fully saturated rings. The molecule has 0 aliphatic carbocycles. The Labute approximate surface area is 55.3 Å². The number of nitrogens with two attached hydrogens (primary N) is 2. The molecule has 0 unspecified atom stereocenters. The van der Waals surface area contributed by atoms with Gasteiger partial charge in [-0.2, -0.15) is 0 Å². The predicted octanol–water partition coefficient (Wildman–Crippen LogP) is -0.355. The average molecular weight is 118 g/mol.